The molecular weight excluding hydrogens is 514 g/mol. The van der Waals surface area contributed by atoms with Crippen LogP contribution in [-0.4, -0.2) is 47.0 Å². The number of rotatable bonds is 6. The van der Waals surface area contributed by atoms with Gasteiger partial charge >= 0.3 is 5.76 Å². The molecule has 1 aliphatic heterocycles. The highest BCUT2D eigenvalue weighted by Gasteiger charge is 2.53. The first-order valence-electron chi connectivity index (χ1n) is 12.7. The molecular formula is C27H25N9O4. The van der Waals surface area contributed by atoms with Crippen molar-refractivity contribution in [1.29, 1.82) is 0 Å². The number of pyridine rings is 1. The van der Waals surface area contributed by atoms with E-state index in [9.17, 15) is 4.79 Å². The van der Waals surface area contributed by atoms with Crippen molar-refractivity contribution in [3.8, 4) is 11.4 Å². The van der Waals surface area contributed by atoms with E-state index < -0.39 is 11.3 Å². The molecule has 0 radical (unpaired) electrons. The van der Waals surface area contributed by atoms with Gasteiger partial charge in [0.2, 0.25) is 11.4 Å². The average Bonchev–Trinajstić information content (AvgIpc) is 3.76. The van der Waals surface area contributed by atoms with Gasteiger partial charge in [0.15, 0.2) is 0 Å². The number of aromatic amines is 2. The molecule has 13 nitrogen and oxygen atoms in total. The third kappa shape index (κ3) is 3.70. The minimum atomic E-state index is -1.41. The van der Waals surface area contributed by atoms with E-state index in [0.717, 1.165) is 38.1 Å². The number of nitrogens with one attached hydrogen (secondary N) is 3. The number of fused-ring (bicyclic) bond motifs is 3. The lowest BCUT2D eigenvalue weighted by Crippen LogP contribution is -2.52. The zero-order valence-electron chi connectivity index (χ0n) is 21.9. The number of para-hydroxylation sites is 1. The van der Waals surface area contributed by atoms with Crippen molar-refractivity contribution >= 4 is 10.9 Å². The average molecular weight is 540 g/mol. The molecule has 0 saturated carbocycles. The quantitative estimate of drug-likeness (QED) is 0.286. The number of hydrogen-bond donors (Lipinski definition) is 3. The Morgan fingerprint density at radius 1 is 1.15 bits per heavy atom. The predicted octanol–water partition coefficient (Wildman–Crippen LogP) is 2.66. The van der Waals surface area contributed by atoms with E-state index >= 15 is 0 Å². The maximum atomic E-state index is 12.6. The van der Waals surface area contributed by atoms with E-state index in [1.165, 1.54) is 7.05 Å². The fraction of sp³-hybridized carbons (Fsp3) is 0.259. The Morgan fingerprint density at radius 3 is 2.80 bits per heavy atom. The summed E-state index contributed by atoms with van der Waals surface area (Å²) in [6.07, 6.45) is 4.14. The molecule has 1 unspecified atom stereocenters. The molecule has 0 aliphatic carbocycles. The van der Waals surface area contributed by atoms with Crippen LogP contribution in [0.25, 0.3) is 22.3 Å². The van der Waals surface area contributed by atoms with Crippen LogP contribution in [0.15, 0.2) is 62.5 Å². The largest absolute Gasteiger partial charge is 0.436 e. The number of H-pyrrole nitrogens is 2. The molecule has 0 fully saturated rings. The standard InChI is InChI=1S/C27H25N9O4/c1-14-8-9-18(28-11-14)20-12-29-23(31-20)19-10-16-15-6-4-5-7-17(15)30-22(16)27(33-19,25-34-36(2)26(37)39-25)24-32-21(13-38-3)40-35-24/h4-9,11-12,19,30,33H,10,13H2,1-3H3,(H,29,31)/t19-,27?/m1/s1. The summed E-state index contributed by atoms with van der Waals surface area (Å²) in [5, 5.41) is 13.4. The summed E-state index contributed by atoms with van der Waals surface area (Å²) in [5.41, 5.74) is 3.79. The van der Waals surface area contributed by atoms with Crippen LogP contribution in [-0.2, 0) is 30.4 Å². The van der Waals surface area contributed by atoms with Gasteiger partial charge in [0.1, 0.15) is 12.4 Å². The number of methoxy groups -OCH3 is 1. The molecule has 5 aromatic heterocycles. The third-order valence-electron chi connectivity index (χ3n) is 7.18. The summed E-state index contributed by atoms with van der Waals surface area (Å²) in [6.45, 7) is 2.11. The van der Waals surface area contributed by atoms with E-state index in [2.05, 4.69) is 35.5 Å². The van der Waals surface area contributed by atoms with E-state index in [1.807, 2.05) is 49.5 Å². The van der Waals surface area contributed by atoms with E-state index in [4.69, 9.17) is 18.7 Å². The molecule has 0 spiro atoms. The lowest BCUT2D eigenvalue weighted by atomic mass is 9.82. The minimum absolute atomic E-state index is 0.0641. The Bertz CT molecular complexity index is 1890. The molecule has 3 N–H and O–H groups in total. The Balaban J connectivity index is 1.45. The smallest absolute Gasteiger partial charge is 0.389 e. The van der Waals surface area contributed by atoms with Gasteiger partial charge in [0.05, 0.1) is 29.3 Å². The van der Waals surface area contributed by atoms with Gasteiger partial charge in [-0.1, -0.05) is 29.4 Å². The molecule has 40 heavy (non-hydrogen) atoms. The minimum Gasteiger partial charge on any atom is -0.389 e. The maximum absolute atomic E-state index is 12.6. The molecule has 13 heteroatoms. The molecule has 6 heterocycles. The summed E-state index contributed by atoms with van der Waals surface area (Å²) < 4.78 is 17.6. The number of imidazole rings is 1. The fourth-order valence-electron chi connectivity index (χ4n) is 5.28. The summed E-state index contributed by atoms with van der Waals surface area (Å²) in [6, 6.07) is 11.5. The van der Waals surface area contributed by atoms with Gasteiger partial charge in [-0.05, 0) is 36.6 Å². The highest BCUT2D eigenvalue weighted by Crippen LogP contribution is 2.45. The van der Waals surface area contributed by atoms with Crippen molar-refractivity contribution in [2.24, 2.45) is 7.05 Å². The van der Waals surface area contributed by atoms with Gasteiger partial charge in [0, 0.05) is 31.3 Å². The van der Waals surface area contributed by atoms with Crippen LogP contribution < -0.4 is 11.1 Å². The van der Waals surface area contributed by atoms with Crippen LogP contribution in [0.2, 0.25) is 0 Å². The number of nitrogens with zero attached hydrogens (tertiary/aromatic N) is 6. The van der Waals surface area contributed by atoms with Gasteiger partial charge in [-0.3, -0.25) is 10.3 Å². The SMILES string of the molecule is COCc1nc(C2(c3nn(C)c(=O)o3)N[C@@H](c3ncc(-c4ccc(C)cn4)[nH]3)Cc3c2[nH]c2ccccc32)no1. The van der Waals surface area contributed by atoms with E-state index in [0.29, 0.717) is 17.9 Å². The van der Waals surface area contributed by atoms with Crippen molar-refractivity contribution < 1.29 is 13.7 Å². The second kappa shape index (κ2) is 9.10. The van der Waals surface area contributed by atoms with Crippen LogP contribution in [0.3, 0.4) is 0 Å². The first kappa shape index (κ1) is 24.2. The molecule has 0 bridgehead atoms. The molecule has 1 aromatic carbocycles. The van der Waals surface area contributed by atoms with Crippen LogP contribution >= 0.6 is 0 Å². The Hall–Kier alpha value is -4.88. The van der Waals surface area contributed by atoms with Crippen molar-refractivity contribution in [2.75, 3.05) is 7.11 Å². The topological polar surface area (TPSA) is 166 Å². The van der Waals surface area contributed by atoms with Crippen molar-refractivity contribution in [2.45, 2.75) is 31.5 Å². The molecule has 6 aromatic rings. The van der Waals surface area contributed by atoms with Crippen molar-refractivity contribution in [3.05, 3.63) is 99.6 Å². The second-order valence-electron chi connectivity index (χ2n) is 9.82. The number of ether oxygens (including phenoxy) is 1. The van der Waals surface area contributed by atoms with Gasteiger partial charge in [0.25, 0.3) is 11.8 Å². The molecule has 1 aliphatic rings. The fourth-order valence-corrected chi connectivity index (χ4v) is 5.28. The maximum Gasteiger partial charge on any atom is 0.436 e. The Kier molecular flexibility index (Phi) is 5.50. The van der Waals surface area contributed by atoms with Gasteiger partial charge in [-0.15, -0.1) is 5.10 Å². The van der Waals surface area contributed by atoms with Crippen LogP contribution in [0.1, 0.15) is 46.3 Å². The highest BCUT2D eigenvalue weighted by molar-refractivity contribution is 5.86. The number of aryl methyl sites for hydroxylation is 2. The molecule has 0 amide bonds. The predicted molar refractivity (Wildman–Crippen MR) is 141 cm³/mol. The second-order valence-corrected chi connectivity index (χ2v) is 9.82. The zero-order valence-corrected chi connectivity index (χ0v) is 21.9. The number of aromatic nitrogens is 8. The van der Waals surface area contributed by atoms with Crippen LogP contribution in [0, 0.1) is 6.92 Å². The first-order chi connectivity index (χ1) is 19.5. The van der Waals surface area contributed by atoms with Crippen LogP contribution in [0.4, 0.5) is 0 Å². The lowest BCUT2D eigenvalue weighted by Gasteiger charge is -2.37. The van der Waals surface area contributed by atoms with Gasteiger partial charge < -0.3 is 23.6 Å². The Labute approximate surface area is 226 Å². The van der Waals surface area contributed by atoms with Crippen molar-refractivity contribution in [3.63, 3.8) is 0 Å². The molecule has 7 rings (SSSR count). The van der Waals surface area contributed by atoms with Crippen molar-refractivity contribution in [1.82, 2.24) is 45.2 Å². The summed E-state index contributed by atoms with van der Waals surface area (Å²) in [7, 11) is 3.06. The third-order valence-corrected chi connectivity index (χ3v) is 7.18. The van der Waals surface area contributed by atoms with Gasteiger partial charge in [-0.25, -0.2) is 9.78 Å². The Morgan fingerprint density at radius 2 is 2.02 bits per heavy atom. The van der Waals surface area contributed by atoms with Gasteiger partial charge in [-0.2, -0.15) is 9.67 Å². The summed E-state index contributed by atoms with van der Waals surface area (Å²) in [4.78, 5) is 33.4. The normalized spacial score (nSPS) is 18.8. The molecule has 0 saturated heterocycles. The monoisotopic (exact) mass is 539 g/mol. The zero-order chi connectivity index (χ0) is 27.4. The summed E-state index contributed by atoms with van der Waals surface area (Å²) >= 11 is 0. The number of hydrogen-bond acceptors (Lipinski definition) is 10. The van der Waals surface area contributed by atoms with Crippen LogP contribution in [0.5, 0.6) is 0 Å². The lowest BCUT2D eigenvalue weighted by molar-refractivity contribution is 0.151. The molecule has 2 atom stereocenters. The number of benzene rings is 1. The summed E-state index contributed by atoms with van der Waals surface area (Å²) in [5.74, 6) is 0.585. The molecule has 202 valence electrons. The first-order valence-corrected chi connectivity index (χ1v) is 12.7. The van der Waals surface area contributed by atoms with E-state index in [1.54, 1.807) is 13.3 Å². The highest BCUT2D eigenvalue weighted by atomic mass is 16.5. The van der Waals surface area contributed by atoms with E-state index in [-0.39, 0.29) is 30.3 Å².